The summed E-state index contributed by atoms with van der Waals surface area (Å²) in [4.78, 5) is 22.7. The summed E-state index contributed by atoms with van der Waals surface area (Å²) < 4.78 is 25.3. The van der Waals surface area contributed by atoms with Crippen molar-refractivity contribution in [3.8, 4) is 0 Å². The Bertz CT molecular complexity index is 845. The minimum atomic E-state index is -3.66. The summed E-state index contributed by atoms with van der Waals surface area (Å²) in [5.41, 5.74) is 2.34. The number of benzene rings is 1. The number of carbonyl (C=O) groups excluding carboxylic acids is 1. The van der Waals surface area contributed by atoms with E-state index < -0.39 is 15.1 Å². The molecule has 24 heavy (non-hydrogen) atoms. The Morgan fingerprint density at radius 3 is 2.21 bits per heavy atom. The summed E-state index contributed by atoms with van der Waals surface area (Å²) in [7, 11) is -3.66. The second-order valence-corrected chi connectivity index (χ2v) is 8.03. The summed E-state index contributed by atoms with van der Waals surface area (Å²) in [6.07, 6.45) is 0. The lowest BCUT2D eigenvalue weighted by atomic mass is 10.2. The van der Waals surface area contributed by atoms with Crippen LogP contribution in [0, 0.1) is 6.92 Å². The van der Waals surface area contributed by atoms with Crippen molar-refractivity contribution in [2.45, 2.75) is 38.7 Å². The van der Waals surface area contributed by atoms with Gasteiger partial charge in [0.2, 0.25) is 5.91 Å². The van der Waals surface area contributed by atoms with Gasteiger partial charge in [0.25, 0.3) is 0 Å². The predicted molar refractivity (Wildman–Crippen MR) is 94.3 cm³/mol. The van der Waals surface area contributed by atoms with Crippen LogP contribution >= 0.6 is 0 Å². The Kier molecular flexibility index (Phi) is 5.54. The molecule has 1 aromatic heterocycles. The van der Waals surface area contributed by atoms with Gasteiger partial charge >= 0.3 is 0 Å². The maximum Gasteiger partial charge on any atom is 0.240 e. The summed E-state index contributed by atoms with van der Waals surface area (Å²) >= 11 is 0. The number of aryl methyl sites for hydroxylation is 1. The monoisotopic (exact) mass is 349 g/mol. The van der Waals surface area contributed by atoms with E-state index in [0.717, 1.165) is 5.52 Å². The van der Waals surface area contributed by atoms with Crippen molar-refractivity contribution in [3.63, 3.8) is 0 Å². The number of sulfone groups is 1. The zero-order chi connectivity index (χ0) is 17.9. The van der Waals surface area contributed by atoms with E-state index in [4.69, 9.17) is 0 Å². The van der Waals surface area contributed by atoms with Crippen LogP contribution in [0.4, 0.5) is 0 Å². The second kappa shape index (κ2) is 7.25. The van der Waals surface area contributed by atoms with Crippen LogP contribution in [0.15, 0.2) is 24.3 Å². The Balaban J connectivity index is 2.32. The standard InChI is InChI=1S/C17H23N3O3S/c1-5-20(6-2)17(21)13(4)24(22,23)11-16-12(3)18-14-9-7-8-10-15(14)19-16/h7-10,13H,5-6,11H2,1-4H3/t13-/m1/s1. The van der Waals surface area contributed by atoms with E-state index in [0.29, 0.717) is 30.0 Å². The molecule has 1 heterocycles. The summed E-state index contributed by atoms with van der Waals surface area (Å²) in [6, 6.07) is 7.32. The minimum absolute atomic E-state index is 0.287. The van der Waals surface area contributed by atoms with Crippen LogP contribution < -0.4 is 0 Å². The fourth-order valence-electron chi connectivity index (χ4n) is 2.52. The zero-order valence-corrected chi connectivity index (χ0v) is 15.3. The van der Waals surface area contributed by atoms with Gasteiger partial charge in [-0.1, -0.05) is 12.1 Å². The lowest BCUT2D eigenvalue weighted by molar-refractivity contribution is -0.130. The van der Waals surface area contributed by atoms with Crippen LogP contribution in [0.1, 0.15) is 32.2 Å². The lowest BCUT2D eigenvalue weighted by Gasteiger charge is -2.22. The van der Waals surface area contributed by atoms with Crippen molar-refractivity contribution < 1.29 is 13.2 Å². The third kappa shape index (κ3) is 3.72. The molecule has 130 valence electrons. The first-order valence-corrected chi connectivity index (χ1v) is 9.74. The molecule has 0 fully saturated rings. The topological polar surface area (TPSA) is 80.2 Å². The van der Waals surface area contributed by atoms with Gasteiger partial charge in [-0.05, 0) is 39.8 Å². The van der Waals surface area contributed by atoms with Gasteiger partial charge < -0.3 is 4.90 Å². The lowest BCUT2D eigenvalue weighted by Crippen LogP contribution is -2.41. The first kappa shape index (κ1) is 18.3. The van der Waals surface area contributed by atoms with E-state index in [1.807, 2.05) is 32.0 Å². The number of rotatable bonds is 6. The number of aromatic nitrogens is 2. The average Bonchev–Trinajstić information content (AvgIpc) is 2.55. The van der Waals surface area contributed by atoms with E-state index in [1.165, 1.54) is 11.8 Å². The normalized spacial score (nSPS) is 13.0. The Morgan fingerprint density at radius 1 is 1.12 bits per heavy atom. The van der Waals surface area contributed by atoms with Crippen LogP contribution in [0.2, 0.25) is 0 Å². The molecule has 7 heteroatoms. The average molecular weight is 349 g/mol. The van der Waals surface area contributed by atoms with Crippen molar-refractivity contribution in [2.24, 2.45) is 0 Å². The fraction of sp³-hybridized carbons (Fsp3) is 0.471. The van der Waals surface area contributed by atoms with E-state index in [1.54, 1.807) is 13.0 Å². The van der Waals surface area contributed by atoms with Gasteiger partial charge in [0.05, 0.1) is 28.2 Å². The number of fused-ring (bicyclic) bond motifs is 1. The van der Waals surface area contributed by atoms with E-state index in [-0.39, 0.29) is 11.7 Å². The SMILES string of the molecule is CCN(CC)C(=O)[C@@H](C)S(=O)(=O)Cc1nc2ccccc2nc1C. The van der Waals surface area contributed by atoms with Crippen molar-refractivity contribution in [1.29, 1.82) is 0 Å². The molecule has 0 radical (unpaired) electrons. The highest BCUT2D eigenvalue weighted by Crippen LogP contribution is 2.17. The summed E-state index contributed by atoms with van der Waals surface area (Å²) in [6.45, 7) is 7.83. The summed E-state index contributed by atoms with van der Waals surface area (Å²) in [5, 5.41) is -1.09. The molecule has 0 N–H and O–H groups in total. The highest BCUT2D eigenvalue weighted by atomic mass is 32.2. The first-order chi connectivity index (χ1) is 11.3. The van der Waals surface area contributed by atoms with Gasteiger partial charge in [-0.2, -0.15) is 0 Å². The molecule has 2 aromatic rings. The number of hydrogen-bond donors (Lipinski definition) is 0. The predicted octanol–water partition coefficient (Wildman–Crippen LogP) is 2.11. The molecule has 0 aliphatic carbocycles. The number of para-hydroxylation sites is 2. The third-order valence-electron chi connectivity index (χ3n) is 4.14. The van der Waals surface area contributed by atoms with Crippen molar-refractivity contribution >= 4 is 26.8 Å². The highest BCUT2D eigenvalue weighted by Gasteiger charge is 2.31. The van der Waals surface area contributed by atoms with Crippen LogP contribution in [0.25, 0.3) is 11.0 Å². The van der Waals surface area contributed by atoms with Crippen molar-refractivity contribution in [3.05, 3.63) is 35.7 Å². The summed E-state index contributed by atoms with van der Waals surface area (Å²) in [5.74, 6) is -0.656. The van der Waals surface area contributed by atoms with E-state index in [2.05, 4.69) is 9.97 Å². The molecule has 0 bridgehead atoms. The maximum absolute atomic E-state index is 12.7. The Morgan fingerprint density at radius 2 is 1.67 bits per heavy atom. The highest BCUT2D eigenvalue weighted by molar-refractivity contribution is 7.92. The van der Waals surface area contributed by atoms with Crippen molar-refractivity contribution in [2.75, 3.05) is 13.1 Å². The van der Waals surface area contributed by atoms with Crippen molar-refractivity contribution in [1.82, 2.24) is 14.9 Å². The van der Waals surface area contributed by atoms with Gasteiger partial charge in [-0.15, -0.1) is 0 Å². The molecule has 0 saturated heterocycles. The minimum Gasteiger partial charge on any atom is -0.342 e. The van der Waals surface area contributed by atoms with Gasteiger partial charge in [-0.3, -0.25) is 4.79 Å². The van der Waals surface area contributed by atoms with Crippen LogP contribution in [0.3, 0.4) is 0 Å². The quantitative estimate of drug-likeness (QED) is 0.798. The number of carbonyl (C=O) groups is 1. The molecular weight excluding hydrogens is 326 g/mol. The molecule has 0 aliphatic rings. The van der Waals surface area contributed by atoms with Crippen LogP contribution in [-0.2, 0) is 20.4 Å². The Labute approximate surface area is 142 Å². The molecule has 1 amide bonds. The number of nitrogens with zero attached hydrogens (tertiary/aromatic N) is 3. The molecule has 2 rings (SSSR count). The van der Waals surface area contributed by atoms with Gasteiger partial charge in [0.1, 0.15) is 5.25 Å². The van der Waals surface area contributed by atoms with Crippen LogP contribution in [0.5, 0.6) is 0 Å². The number of amides is 1. The maximum atomic E-state index is 12.7. The van der Waals surface area contributed by atoms with Gasteiger partial charge in [-0.25, -0.2) is 18.4 Å². The zero-order valence-electron chi connectivity index (χ0n) is 14.5. The van der Waals surface area contributed by atoms with E-state index >= 15 is 0 Å². The third-order valence-corrected chi connectivity index (χ3v) is 6.10. The second-order valence-electron chi connectivity index (χ2n) is 5.70. The largest absolute Gasteiger partial charge is 0.342 e. The molecule has 0 spiro atoms. The smallest absolute Gasteiger partial charge is 0.240 e. The molecule has 1 aromatic carbocycles. The van der Waals surface area contributed by atoms with Gasteiger partial charge in [0, 0.05) is 13.1 Å². The first-order valence-electron chi connectivity index (χ1n) is 8.02. The Hall–Kier alpha value is -2.02. The fourth-order valence-corrected chi connectivity index (χ4v) is 3.88. The van der Waals surface area contributed by atoms with E-state index in [9.17, 15) is 13.2 Å². The van der Waals surface area contributed by atoms with Gasteiger partial charge in [0.15, 0.2) is 9.84 Å². The molecule has 1 atom stereocenters. The molecule has 0 aliphatic heterocycles. The molecular formula is C17H23N3O3S. The molecule has 0 unspecified atom stereocenters. The molecule has 0 saturated carbocycles. The molecule has 6 nitrogen and oxygen atoms in total. The number of hydrogen-bond acceptors (Lipinski definition) is 5. The van der Waals surface area contributed by atoms with Crippen LogP contribution in [-0.4, -0.2) is 47.5 Å².